The van der Waals surface area contributed by atoms with E-state index in [2.05, 4.69) is 340 Å². The van der Waals surface area contributed by atoms with E-state index in [1.165, 1.54) is 168 Å². The van der Waals surface area contributed by atoms with Gasteiger partial charge in [-0.05, 0) is 171 Å². The highest BCUT2D eigenvalue weighted by atomic mass is 15.2. The van der Waals surface area contributed by atoms with Crippen molar-refractivity contribution in [3.05, 3.63) is 424 Å². The third-order valence-corrected chi connectivity index (χ3v) is 29.4. The molecule has 16 nitrogen and oxygen atoms in total. The fourth-order valence-corrected chi connectivity index (χ4v) is 23.8. The largest absolute Gasteiger partial charge is 0.308 e. The zero-order valence-corrected chi connectivity index (χ0v) is 74.3. The first-order chi connectivity index (χ1) is 69.4. The molecule has 0 aliphatic carbocycles. The molecule has 0 aliphatic rings. The fourth-order valence-electron chi connectivity index (χ4n) is 23.8. The highest BCUT2D eigenvalue weighted by Gasteiger charge is 2.32. The van der Waals surface area contributed by atoms with Gasteiger partial charge in [0.15, 0.2) is 17.0 Å². The Bertz CT molecular complexity index is 11000. The first-order valence-electron chi connectivity index (χ1n) is 46.8. The Morgan fingerprint density at radius 1 is 0.207 bits per heavy atom. The van der Waals surface area contributed by atoms with E-state index in [4.69, 9.17) is 53.0 Å². The van der Waals surface area contributed by atoms with Crippen LogP contribution in [0.5, 0.6) is 0 Å². The van der Waals surface area contributed by atoms with Crippen LogP contribution in [0.25, 0.3) is 306 Å². The molecule has 140 heavy (non-hydrogen) atoms. The maximum absolute atomic E-state index is 7.63. The van der Waals surface area contributed by atoms with Crippen LogP contribution in [-0.2, 0) is 0 Å². The number of fused-ring (bicyclic) bond motifs is 41. The highest BCUT2D eigenvalue weighted by Crippen LogP contribution is 2.54. The van der Waals surface area contributed by atoms with E-state index in [1.54, 1.807) is 12.4 Å². The fraction of sp³-hybridized carbons (Fsp3) is 0. The summed E-state index contributed by atoms with van der Waals surface area (Å²) in [6.07, 6.45) is 5.39. The summed E-state index contributed by atoms with van der Waals surface area (Å²) in [5.41, 5.74) is 25.7. The van der Waals surface area contributed by atoms with Crippen molar-refractivity contribution in [1.29, 1.82) is 0 Å². The Balaban J connectivity index is 0.0000000969. The van der Waals surface area contributed by atoms with Crippen LogP contribution in [0, 0.1) is 13.1 Å². The lowest BCUT2D eigenvalue weighted by atomic mass is 9.98. The molecular formula is C124H66N16. The monoisotopic (exact) mass is 1780 g/mol. The first-order valence-corrected chi connectivity index (χ1v) is 46.8. The zero-order valence-electron chi connectivity index (χ0n) is 74.3. The molecule has 0 atom stereocenters. The molecule has 0 unspecified atom stereocenters. The quantitative estimate of drug-likeness (QED) is 0.123. The van der Waals surface area contributed by atoms with Crippen LogP contribution in [-0.4, -0.2) is 66.8 Å². The zero-order chi connectivity index (χ0) is 91.5. The van der Waals surface area contributed by atoms with E-state index in [0.717, 1.165) is 99.2 Å². The number of benzene rings is 18. The number of nitrogens with zero attached hydrogens (tertiary/aromatic N) is 16. The number of hydrogen-bond donors (Lipinski definition) is 0. The number of hydrogen-bond acceptors (Lipinski definition) is 8. The summed E-state index contributed by atoms with van der Waals surface area (Å²) in [4.78, 5) is 47.7. The standard InChI is InChI=1S/2C42H22N6.C40H22N4/c1-43-26-12-8-11-25(22-26)39-40-31(16-9-21-44-40)45-42(46-39)48-33-18-7-5-15-29(33)37-35(48)23-30-28-14-4-6-17-32(28)47-34-20-19-24-10-2-3-13-27(24)36(34)38(37)41(30)47;1-43-26-12-8-11-25(22-26)39-30-16-9-21-44-41(30)46-42(45-39)48-33-18-7-5-15-29(33)37-35(48)23-31-28-14-4-6-17-32(28)47-34-20-19-24-10-2-3-13-27(24)36(34)38(37)40(31)47;1-2-10-26-23(8-1)17-19-32-35(26)37-36-28-12-4-6-14-31(28)43(33(36)22-29-27-11-3-5-13-30(27)44(32)40(29)37)34-20-18-25-16-15-24-9-7-21-41-38(24)39(25)42-34/h2*2-23H;1-22H. The van der Waals surface area contributed by atoms with Gasteiger partial charge in [-0.15, -0.1) is 0 Å². The number of pyridine rings is 4. The molecule has 0 amide bonds. The molecule has 18 aromatic carbocycles. The maximum atomic E-state index is 7.63. The van der Waals surface area contributed by atoms with E-state index >= 15 is 0 Å². The second-order valence-electron chi connectivity index (χ2n) is 36.5. The predicted octanol–water partition coefficient (Wildman–Crippen LogP) is 31.5. The van der Waals surface area contributed by atoms with Crippen LogP contribution in [0.2, 0.25) is 0 Å². The first kappa shape index (κ1) is 75.8. The van der Waals surface area contributed by atoms with Gasteiger partial charge in [0, 0.05) is 132 Å². The predicted molar refractivity (Wildman–Crippen MR) is 575 cm³/mol. The average molecular weight is 1780 g/mol. The summed E-state index contributed by atoms with van der Waals surface area (Å²) in [6, 6.07) is 135. The van der Waals surface area contributed by atoms with E-state index in [-0.39, 0.29) is 0 Å². The van der Waals surface area contributed by atoms with Gasteiger partial charge >= 0.3 is 0 Å². The molecule has 0 fully saturated rings. The van der Waals surface area contributed by atoms with Crippen LogP contribution in [0.15, 0.2) is 401 Å². The van der Waals surface area contributed by atoms with Crippen molar-refractivity contribution in [3.63, 3.8) is 0 Å². The summed E-state index contributed by atoms with van der Waals surface area (Å²) in [7, 11) is 0. The Hall–Kier alpha value is -19.7. The minimum atomic E-state index is 0.544. The topological polar surface area (TPSA) is 140 Å². The molecule has 642 valence electrons. The normalized spacial score (nSPS) is 12.3. The third kappa shape index (κ3) is 10.3. The number of rotatable bonds is 5. The van der Waals surface area contributed by atoms with Gasteiger partial charge in [0.25, 0.3) is 0 Å². The third-order valence-electron chi connectivity index (χ3n) is 29.4. The maximum Gasteiger partial charge on any atom is 0.237 e. The van der Waals surface area contributed by atoms with Crippen molar-refractivity contribution in [2.75, 3.05) is 0 Å². The van der Waals surface area contributed by atoms with Gasteiger partial charge in [-0.1, -0.05) is 255 Å². The van der Waals surface area contributed by atoms with Crippen molar-refractivity contribution < 1.29 is 0 Å². The molecule has 15 aromatic heterocycles. The Kier molecular flexibility index (Phi) is 15.4. The van der Waals surface area contributed by atoms with Gasteiger partial charge in [0.1, 0.15) is 17.0 Å². The molecule has 33 aromatic rings. The van der Waals surface area contributed by atoms with E-state index in [0.29, 0.717) is 40.1 Å². The summed E-state index contributed by atoms with van der Waals surface area (Å²) < 4.78 is 14.2. The van der Waals surface area contributed by atoms with Crippen LogP contribution < -0.4 is 0 Å². The van der Waals surface area contributed by atoms with Gasteiger partial charge in [0.2, 0.25) is 11.9 Å². The molecule has 0 saturated carbocycles. The molecule has 0 N–H and O–H groups in total. The molecule has 0 saturated heterocycles. The Morgan fingerprint density at radius 3 is 1.06 bits per heavy atom. The molecule has 15 heterocycles. The summed E-state index contributed by atoms with van der Waals surface area (Å²) in [6.45, 7) is 15.3. The highest BCUT2D eigenvalue weighted by molar-refractivity contribution is 6.43. The van der Waals surface area contributed by atoms with Crippen LogP contribution >= 0.6 is 0 Å². The Morgan fingerprint density at radius 2 is 0.564 bits per heavy atom. The number of aromatic nitrogens is 14. The smallest absolute Gasteiger partial charge is 0.237 e. The van der Waals surface area contributed by atoms with Crippen molar-refractivity contribution >= 4 is 267 Å². The molecular weight excluding hydrogens is 1710 g/mol. The van der Waals surface area contributed by atoms with Gasteiger partial charge in [0.05, 0.1) is 118 Å². The van der Waals surface area contributed by atoms with Gasteiger partial charge in [-0.25, -0.2) is 34.6 Å². The molecule has 0 bridgehead atoms. The summed E-state index contributed by atoms with van der Waals surface area (Å²) in [5.74, 6) is 2.01. The molecule has 0 aliphatic heterocycles. The molecule has 0 spiro atoms. The lowest BCUT2D eigenvalue weighted by molar-refractivity contribution is 1.01. The van der Waals surface area contributed by atoms with E-state index in [9.17, 15) is 0 Å². The Labute approximate surface area is 792 Å². The van der Waals surface area contributed by atoms with E-state index < -0.39 is 0 Å². The molecule has 33 rings (SSSR count). The van der Waals surface area contributed by atoms with Crippen molar-refractivity contribution in [3.8, 4) is 40.2 Å². The summed E-state index contributed by atoms with van der Waals surface area (Å²) >= 11 is 0. The second kappa shape index (κ2) is 28.4. The SMILES string of the molecule is [C-]#[N+]c1cccc(-c2nc(-n3c4ccccc4c4c5c6c7ccccc7ccc6n6c7ccccc7c(cc43)c56)nc3cccnc23)c1.[C-]#[N+]c1cccc(-c2nc(-n3c4ccccc4c4c5c6c7ccccc7ccc6n6c7ccccc7c(cc43)c56)nc3ncccc23)c1.c1ccc2c(c1)ccc1c2c2c3c4ccccc4n(-c4ccc5ccc6cccnc6c5n4)c3cc3c4ccccc4n1c32. The lowest BCUT2D eigenvalue weighted by Crippen LogP contribution is -2.04. The van der Waals surface area contributed by atoms with Gasteiger partial charge in [-0.2, -0.15) is 4.98 Å². The van der Waals surface area contributed by atoms with Crippen molar-refractivity contribution in [1.82, 2.24) is 66.8 Å². The van der Waals surface area contributed by atoms with Crippen molar-refractivity contribution in [2.45, 2.75) is 0 Å². The van der Waals surface area contributed by atoms with Crippen LogP contribution in [0.3, 0.4) is 0 Å². The van der Waals surface area contributed by atoms with Gasteiger partial charge in [-0.3, -0.25) is 23.7 Å². The summed E-state index contributed by atoms with van der Waals surface area (Å²) in [5, 5.41) is 32.6. The molecule has 16 heteroatoms. The number of para-hydroxylation sites is 6. The minimum Gasteiger partial charge on any atom is -0.308 e. The van der Waals surface area contributed by atoms with Crippen LogP contribution in [0.1, 0.15) is 0 Å². The second-order valence-corrected chi connectivity index (χ2v) is 36.5. The van der Waals surface area contributed by atoms with Crippen LogP contribution in [0.4, 0.5) is 11.4 Å². The van der Waals surface area contributed by atoms with E-state index in [1.807, 2.05) is 85.1 Å². The lowest BCUT2D eigenvalue weighted by Gasteiger charge is -2.11. The molecule has 0 radical (unpaired) electrons. The average Bonchev–Trinajstić information content (AvgIpc) is 1.52. The van der Waals surface area contributed by atoms with Crippen molar-refractivity contribution in [2.24, 2.45) is 0 Å². The minimum absolute atomic E-state index is 0.544. The van der Waals surface area contributed by atoms with Gasteiger partial charge < -0.3 is 13.2 Å².